The number of benzene rings is 1. The molecule has 1 aromatic carbocycles. The summed E-state index contributed by atoms with van der Waals surface area (Å²) in [5.41, 5.74) is 0.482. The number of hydrogen-bond donors (Lipinski definition) is 2. The lowest BCUT2D eigenvalue weighted by atomic mass is 10.3. The second kappa shape index (κ2) is 11.0. The number of nitrogens with zero attached hydrogens (tertiary/aromatic N) is 1. The van der Waals surface area contributed by atoms with Crippen LogP contribution in [0.3, 0.4) is 0 Å². The molecule has 0 aromatic heterocycles. The molecule has 0 aliphatic rings. The number of ether oxygens (including phenoxy) is 2. The zero-order valence-corrected chi connectivity index (χ0v) is 16.8. The fourth-order valence-electron chi connectivity index (χ4n) is 2.28. The van der Waals surface area contributed by atoms with Gasteiger partial charge in [-0.25, -0.2) is 8.42 Å². The summed E-state index contributed by atoms with van der Waals surface area (Å²) in [5.74, 6) is -0.627. The number of carbonyl (C=O) groups excluding carboxylic acids is 2. The van der Waals surface area contributed by atoms with Crippen molar-refractivity contribution in [2.45, 2.75) is 24.8 Å². The van der Waals surface area contributed by atoms with Crippen LogP contribution in [0.25, 0.3) is 0 Å². The predicted octanol–water partition coefficient (Wildman–Crippen LogP) is 0.433. The van der Waals surface area contributed by atoms with Crippen LogP contribution in [0.5, 0.6) is 0 Å². The molecule has 1 aromatic rings. The van der Waals surface area contributed by atoms with Crippen LogP contribution in [0.2, 0.25) is 0 Å². The molecule has 1 rings (SSSR count). The number of nitrogens with one attached hydrogen (secondary N) is 2. The highest BCUT2D eigenvalue weighted by molar-refractivity contribution is 7.89. The Morgan fingerprint density at radius 1 is 1.07 bits per heavy atom. The molecule has 0 aliphatic heterocycles. The molecule has 2 N–H and O–H groups in total. The zero-order chi connectivity index (χ0) is 20.4. The van der Waals surface area contributed by atoms with E-state index in [4.69, 9.17) is 9.47 Å². The Morgan fingerprint density at radius 3 is 2.04 bits per heavy atom. The van der Waals surface area contributed by atoms with Gasteiger partial charge in [0.25, 0.3) is 0 Å². The van der Waals surface area contributed by atoms with Crippen LogP contribution in [0.15, 0.2) is 29.2 Å². The zero-order valence-electron chi connectivity index (χ0n) is 16.0. The Balaban J connectivity index is 2.83. The standard InChI is InChI=1S/C17H27N3O6S/c1-13(17(22)20(9-11-25-3)10-12-26-4)19-27(23,24)16-7-5-15(6-8-16)18-14(2)21/h5-8,13,19H,9-12H2,1-4H3,(H,18,21). The Hall–Kier alpha value is -2.01. The summed E-state index contributed by atoms with van der Waals surface area (Å²) in [6.45, 7) is 4.17. The molecular formula is C17H27N3O6S. The van der Waals surface area contributed by atoms with Gasteiger partial charge in [-0.3, -0.25) is 9.59 Å². The Morgan fingerprint density at radius 2 is 1.59 bits per heavy atom. The van der Waals surface area contributed by atoms with E-state index in [-0.39, 0.29) is 16.7 Å². The van der Waals surface area contributed by atoms with Gasteiger partial charge in [-0.1, -0.05) is 0 Å². The molecule has 0 bridgehead atoms. The number of amides is 2. The summed E-state index contributed by atoms with van der Waals surface area (Å²) in [6.07, 6.45) is 0. The fraction of sp³-hybridized carbons (Fsp3) is 0.529. The minimum atomic E-state index is -3.90. The number of carbonyl (C=O) groups is 2. The van der Waals surface area contributed by atoms with Crippen LogP contribution in [0, 0.1) is 0 Å². The minimum absolute atomic E-state index is 0.00316. The van der Waals surface area contributed by atoms with Crippen molar-refractivity contribution in [2.75, 3.05) is 45.8 Å². The van der Waals surface area contributed by atoms with Crippen LogP contribution in [-0.4, -0.2) is 71.7 Å². The predicted molar refractivity (Wildman–Crippen MR) is 101 cm³/mol. The van der Waals surface area contributed by atoms with Gasteiger partial charge in [-0.05, 0) is 31.2 Å². The molecule has 27 heavy (non-hydrogen) atoms. The molecule has 2 amide bonds. The van der Waals surface area contributed by atoms with Gasteiger partial charge in [-0.15, -0.1) is 0 Å². The van der Waals surface area contributed by atoms with E-state index in [0.717, 1.165) is 0 Å². The van der Waals surface area contributed by atoms with E-state index < -0.39 is 16.1 Å². The van der Waals surface area contributed by atoms with Crippen molar-refractivity contribution in [3.05, 3.63) is 24.3 Å². The summed E-state index contributed by atoms with van der Waals surface area (Å²) in [5, 5.41) is 2.56. The van der Waals surface area contributed by atoms with E-state index >= 15 is 0 Å². The van der Waals surface area contributed by atoms with Crippen LogP contribution in [0.4, 0.5) is 5.69 Å². The number of methoxy groups -OCH3 is 2. The lowest BCUT2D eigenvalue weighted by molar-refractivity contribution is -0.133. The van der Waals surface area contributed by atoms with Gasteiger partial charge in [-0.2, -0.15) is 4.72 Å². The van der Waals surface area contributed by atoms with E-state index in [9.17, 15) is 18.0 Å². The lowest BCUT2D eigenvalue weighted by Crippen LogP contribution is -2.48. The molecule has 1 unspecified atom stereocenters. The van der Waals surface area contributed by atoms with Crippen LogP contribution in [-0.2, 0) is 29.1 Å². The highest BCUT2D eigenvalue weighted by atomic mass is 32.2. The van der Waals surface area contributed by atoms with Crippen molar-refractivity contribution in [1.82, 2.24) is 9.62 Å². The van der Waals surface area contributed by atoms with Gasteiger partial charge in [0.05, 0.1) is 24.2 Å². The maximum absolute atomic E-state index is 12.6. The minimum Gasteiger partial charge on any atom is -0.383 e. The maximum Gasteiger partial charge on any atom is 0.241 e. The van der Waals surface area contributed by atoms with Crippen molar-refractivity contribution >= 4 is 27.5 Å². The normalized spacial score (nSPS) is 12.4. The maximum atomic E-state index is 12.6. The quantitative estimate of drug-likeness (QED) is 0.556. The molecule has 0 aliphatic carbocycles. The van der Waals surface area contributed by atoms with Crippen LogP contribution >= 0.6 is 0 Å². The van der Waals surface area contributed by atoms with Crippen LogP contribution in [0.1, 0.15) is 13.8 Å². The van der Waals surface area contributed by atoms with E-state index in [2.05, 4.69) is 10.0 Å². The van der Waals surface area contributed by atoms with Gasteiger partial charge in [0.2, 0.25) is 21.8 Å². The van der Waals surface area contributed by atoms with E-state index in [1.807, 2.05) is 0 Å². The Kier molecular flexibility index (Phi) is 9.36. The average Bonchev–Trinajstić information content (AvgIpc) is 2.61. The first kappa shape index (κ1) is 23.0. The monoisotopic (exact) mass is 401 g/mol. The first-order chi connectivity index (χ1) is 12.7. The third kappa shape index (κ3) is 7.63. The third-order valence-electron chi connectivity index (χ3n) is 3.63. The van der Waals surface area contributed by atoms with Gasteiger partial charge in [0, 0.05) is 39.9 Å². The summed E-state index contributed by atoms with van der Waals surface area (Å²) in [7, 11) is -0.850. The number of sulfonamides is 1. The second-order valence-corrected chi connectivity index (χ2v) is 7.57. The topological polar surface area (TPSA) is 114 Å². The van der Waals surface area contributed by atoms with Crippen molar-refractivity contribution in [1.29, 1.82) is 0 Å². The number of rotatable bonds is 11. The molecule has 0 saturated heterocycles. The van der Waals surface area contributed by atoms with E-state index in [1.165, 1.54) is 57.2 Å². The van der Waals surface area contributed by atoms with Gasteiger partial charge in [0.15, 0.2) is 0 Å². The highest BCUT2D eigenvalue weighted by Crippen LogP contribution is 2.14. The molecule has 9 nitrogen and oxygen atoms in total. The summed E-state index contributed by atoms with van der Waals surface area (Å²) < 4.78 is 37.4. The van der Waals surface area contributed by atoms with Gasteiger partial charge < -0.3 is 19.7 Å². The largest absolute Gasteiger partial charge is 0.383 e. The first-order valence-corrected chi connectivity index (χ1v) is 9.86. The number of hydrogen-bond acceptors (Lipinski definition) is 6. The molecule has 152 valence electrons. The van der Waals surface area contributed by atoms with E-state index in [0.29, 0.717) is 32.0 Å². The summed E-state index contributed by atoms with van der Waals surface area (Å²) in [6, 6.07) is 4.72. The molecule has 0 fully saturated rings. The number of anilines is 1. The van der Waals surface area contributed by atoms with Crippen LogP contribution < -0.4 is 10.0 Å². The second-order valence-electron chi connectivity index (χ2n) is 5.86. The van der Waals surface area contributed by atoms with Gasteiger partial charge in [0.1, 0.15) is 0 Å². The molecule has 1 atom stereocenters. The molecule has 0 radical (unpaired) electrons. The SMILES string of the molecule is COCCN(CCOC)C(=O)C(C)NS(=O)(=O)c1ccc(NC(C)=O)cc1. The third-order valence-corrected chi connectivity index (χ3v) is 5.19. The molecule has 0 saturated carbocycles. The van der Waals surface area contributed by atoms with Crippen molar-refractivity contribution in [3.63, 3.8) is 0 Å². The fourth-order valence-corrected chi connectivity index (χ4v) is 3.48. The van der Waals surface area contributed by atoms with Crippen molar-refractivity contribution < 1.29 is 27.5 Å². The lowest BCUT2D eigenvalue weighted by Gasteiger charge is -2.25. The smallest absolute Gasteiger partial charge is 0.241 e. The molecule has 0 heterocycles. The molecule has 0 spiro atoms. The molecular weight excluding hydrogens is 374 g/mol. The first-order valence-electron chi connectivity index (χ1n) is 8.38. The van der Waals surface area contributed by atoms with Crippen molar-refractivity contribution in [3.8, 4) is 0 Å². The summed E-state index contributed by atoms with van der Waals surface area (Å²) >= 11 is 0. The van der Waals surface area contributed by atoms with Crippen molar-refractivity contribution in [2.24, 2.45) is 0 Å². The highest BCUT2D eigenvalue weighted by Gasteiger charge is 2.25. The van der Waals surface area contributed by atoms with Gasteiger partial charge >= 0.3 is 0 Å². The molecule has 10 heteroatoms. The summed E-state index contributed by atoms with van der Waals surface area (Å²) in [4.78, 5) is 25.1. The Bertz CT molecular complexity index is 713. The van der Waals surface area contributed by atoms with E-state index in [1.54, 1.807) is 0 Å². The Labute approximate surface area is 160 Å². The average molecular weight is 401 g/mol.